The number of hydrogen-bond acceptors (Lipinski definition) is 3. The number of amides is 1. The van der Waals surface area contributed by atoms with Gasteiger partial charge in [0.25, 0.3) is 5.91 Å². The number of aromatic nitrogens is 1. The van der Waals surface area contributed by atoms with Gasteiger partial charge in [-0.15, -0.1) is 11.3 Å². The first-order chi connectivity index (χ1) is 11.0. The Bertz CT molecular complexity index is 845. The lowest BCUT2D eigenvalue weighted by molar-refractivity contribution is 0.102. The van der Waals surface area contributed by atoms with Crippen LogP contribution < -0.4 is 5.32 Å². The monoisotopic (exact) mass is 394 g/mol. The second-order valence-electron chi connectivity index (χ2n) is 4.59. The van der Waals surface area contributed by atoms with Crippen molar-refractivity contribution in [2.75, 3.05) is 5.32 Å². The fraction of sp³-hybridized carbons (Fsp3) is 0. The molecular formula is C16H9BrF2N2OS. The topological polar surface area (TPSA) is 42.0 Å². The summed E-state index contributed by atoms with van der Waals surface area (Å²) in [7, 11) is 0. The molecule has 0 saturated carbocycles. The molecule has 0 radical (unpaired) electrons. The smallest absolute Gasteiger partial charge is 0.267 e. The Morgan fingerprint density at radius 3 is 2.43 bits per heavy atom. The first-order valence-electron chi connectivity index (χ1n) is 6.52. The molecule has 0 aliphatic heterocycles. The predicted molar refractivity (Wildman–Crippen MR) is 89.6 cm³/mol. The molecule has 3 aromatic rings. The lowest BCUT2D eigenvalue weighted by Gasteiger charge is -2.06. The Hall–Kier alpha value is -2.12. The standard InChI is InChI=1S/C16H9BrF2N2OS/c17-10-6-11(18)14(12(19)7-10)21-15(22)13-8-20-16(23-13)9-4-2-1-3-5-9/h1-8H,(H,21,22). The van der Waals surface area contributed by atoms with Gasteiger partial charge in [-0.2, -0.15) is 0 Å². The average Bonchev–Trinajstić information content (AvgIpc) is 3.01. The highest BCUT2D eigenvalue weighted by Gasteiger charge is 2.17. The van der Waals surface area contributed by atoms with Crippen molar-refractivity contribution in [2.45, 2.75) is 0 Å². The summed E-state index contributed by atoms with van der Waals surface area (Å²) < 4.78 is 27.8. The minimum Gasteiger partial charge on any atom is -0.316 e. The summed E-state index contributed by atoms with van der Waals surface area (Å²) in [6.45, 7) is 0. The summed E-state index contributed by atoms with van der Waals surface area (Å²) in [6.07, 6.45) is 1.39. The molecule has 3 nitrogen and oxygen atoms in total. The normalized spacial score (nSPS) is 10.6. The molecular weight excluding hydrogens is 386 g/mol. The third kappa shape index (κ3) is 3.46. The molecule has 0 saturated heterocycles. The second kappa shape index (κ2) is 6.55. The van der Waals surface area contributed by atoms with Gasteiger partial charge in [0.2, 0.25) is 0 Å². The lowest BCUT2D eigenvalue weighted by Crippen LogP contribution is -2.13. The minimum atomic E-state index is -0.849. The van der Waals surface area contributed by atoms with Crippen molar-refractivity contribution < 1.29 is 13.6 Å². The van der Waals surface area contributed by atoms with Gasteiger partial charge in [-0.05, 0) is 12.1 Å². The third-order valence-electron chi connectivity index (χ3n) is 3.00. The van der Waals surface area contributed by atoms with Crippen molar-refractivity contribution >= 4 is 38.9 Å². The van der Waals surface area contributed by atoms with E-state index in [2.05, 4.69) is 26.2 Å². The van der Waals surface area contributed by atoms with E-state index in [1.54, 1.807) is 0 Å². The maximum absolute atomic E-state index is 13.8. The molecule has 0 unspecified atom stereocenters. The van der Waals surface area contributed by atoms with Crippen LogP contribution in [0.15, 0.2) is 53.1 Å². The van der Waals surface area contributed by atoms with E-state index in [0.29, 0.717) is 5.01 Å². The van der Waals surface area contributed by atoms with Gasteiger partial charge in [-0.3, -0.25) is 4.79 Å². The Morgan fingerprint density at radius 2 is 1.78 bits per heavy atom. The van der Waals surface area contributed by atoms with E-state index in [-0.39, 0.29) is 9.35 Å². The number of anilines is 1. The van der Waals surface area contributed by atoms with Gasteiger partial charge in [0.1, 0.15) is 15.6 Å². The number of halogens is 3. The van der Waals surface area contributed by atoms with Gasteiger partial charge in [-0.1, -0.05) is 46.3 Å². The average molecular weight is 395 g/mol. The van der Waals surface area contributed by atoms with Crippen LogP contribution in [-0.2, 0) is 0 Å². The predicted octanol–water partition coefficient (Wildman–Crippen LogP) is 5.10. The molecule has 0 atom stereocenters. The number of nitrogens with zero attached hydrogens (tertiary/aromatic N) is 1. The van der Waals surface area contributed by atoms with Gasteiger partial charge in [0.15, 0.2) is 11.6 Å². The fourth-order valence-corrected chi connectivity index (χ4v) is 3.15. The van der Waals surface area contributed by atoms with Crippen LogP contribution in [0.25, 0.3) is 10.6 Å². The van der Waals surface area contributed by atoms with E-state index in [9.17, 15) is 13.6 Å². The number of carbonyl (C=O) groups is 1. The van der Waals surface area contributed by atoms with Crippen molar-refractivity contribution in [2.24, 2.45) is 0 Å². The number of carbonyl (C=O) groups excluding carboxylic acids is 1. The van der Waals surface area contributed by atoms with E-state index >= 15 is 0 Å². The molecule has 0 bridgehead atoms. The van der Waals surface area contributed by atoms with Crippen LogP contribution in [-0.4, -0.2) is 10.9 Å². The Balaban J connectivity index is 1.84. The first-order valence-corrected chi connectivity index (χ1v) is 8.12. The van der Waals surface area contributed by atoms with E-state index in [4.69, 9.17) is 0 Å². The van der Waals surface area contributed by atoms with E-state index in [0.717, 1.165) is 29.0 Å². The van der Waals surface area contributed by atoms with Crippen molar-refractivity contribution in [3.8, 4) is 10.6 Å². The van der Waals surface area contributed by atoms with Crippen LogP contribution in [0, 0.1) is 11.6 Å². The first kappa shape index (κ1) is 15.8. The quantitative estimate of drug-likeness (QED) is 0.670. The maximum atomic E-state index is 13.8. The van der Waals surface area contributed by atoms with E-state index in [1.165, 1.54) is 6.20 Å². The number of thiazole rings is 1. The summed E-state index contributed by atoms with van der Waals surface area (Å²) in [4.78, 5) is 16.6. The Morgan fingerprint density at radius 1 is 1.13 bits per heavy atom. The van der Waals surface area contributed by atoms with Crippen LogP contribution in [0.2, 0.25) is 0 Å². The molecule has 1 N–H and O–H groups in total. The van der Waals surface area contributed by atoms with Crippen LogP contribution in [0.5, 0.6) is 0 Å². The van der Waals surface area contributed by atoms with E-state index in [1.807, 2.05) is 30.3 Å². The largest absolute Gasteiger partial charge is 0.316 e. The molecule has 7 heteroatoms. The summed E-state index contributed by atoms with van der Waals surface area (Å²) in [6, 6.07) is 11.5. The zero-order valence-corrected chi connectivity index (χ0v) is 13.9. The zero-order valence-electron chi connectivity index (χ0n) is 11.5. The molecule has 0 spiro atoms. The van der Waals surface area contributed by atoms with Crippen LogP contribution >= 0.6 is 27.3 Å². The number of benzene rings is 2. The molecule has 1 aromatic heterocycles. The van der Waals surface area contributed by atoms with Crippen molar-refractivity contribution in [1.29, 1.82) is 0 Å². The lowest BCUT2D eigenvalue weighted by atomic mass is 10.2. The Labute approximate surface area is 143 Å². The number of hydrogen-bond donors (Lipinski definition) is 1. The third-order valence-corrected chi connectivity index (χ3v) is 4.50. The second-order valence-corrected chi connectivity index (χ2v) is 6.54. The maximum Gasteiger partial charge on any atom is 0.267 e. The summed E-state index contributed by atoms with van der Waals surface area (Å²) >= 11 is 4.14. The number of rotatable bonds is 3. The SMILES string of the molecule is O=C(Nc1c(F)cc(Br)cc1F)c1cnc(-c2ccccc2)s1. The molecule has 0 aliphatic rings. The van der Waals surface area contributed by atoms with Crippen molar-refractivity contribution in [3.63, 3.8) is 0 Å². The molecule has 0 aliphatic carbocycles. The molecule has 2 aromatic carbocycles. The molecule has 3 rings (SSSR count). The van der Waals surface area contributed by atoms with Crippen LogP contribution in [0.4, 0.5) is 14.5 Å². The molecule has 0 fully saturated rings. The summed E-state index contributed by atoms with van der Waals surface area (Å²) in [5, 5.41) is 2.91. The van der Waals surface area contributed by atoms with Gasteiger partial charge in [-0.25, -0.2) is 13.8 Å². The van der Waals surface area contributed by atoms with E-state index < -0.39 is 23.2 Å². The minimum absolute atomic E-state index is 0.259. The number of nitrogens with one attached hydrogen (secondary N) is 1. The molecule has 116 valence electrons. The van der Waals surface area contributed by atoms with Gasteiger partial charge in [0.05, 0.1) is 6.20 Å². The van der Waals surface area contributed by atoms with Gasteiger partial charge >= 0.3 is 0 Å². The zero-order chi connectivity index (χ0) is 16.4. The molecule has 1 heterocycles. The highest BCUT2D eigenvalue weighted by atomic mass is 79.9. The van der Waals surface area contributed by atoms with Crippen molar-refractivity contribution in [1.82, 2.24) is 4.98 Å². The van der Waals surface area contributed by atoms with Crippen LogP contribution in [0.3, 0.4) is 0 Å². The molecule has 23 heavy (non-hydrogen) atoms. The van der Waals surface area contributed by atoms with Gasteiger partial charge < -0.3 is 5.32 Å². The fourth-order valence-electron chi connectivity index (χ4n) is 1.93. The summed E-state index contributed by atoms with van der Waals surface area (Å²) in [5.74, 6) is -2.30. The Kier molecular flexibility index (Phi) is 4.49. The van der Waals surface area contributed by atoms with Crippen molar-refractivity contribution in [3.05, 3.63) is 69.6 Å². The highest BCUT2D eigenvalue weighted by molar-refractivity contribution is 9.10. The summed E-state index contributed by atoms with van der Waals surface area (Å²) in [5.41, 5.74) is 0.394. The highest BCUT2D eigenvalue weighted by Crippen LogP contribution is 2.27. The van der Waals surface area contributed by atoms with Crippen LogP contribution in [0.1, 0.15) is 9.67 Å². The molecule has 1 amide bonds. The van der Waals surface area contributed by atoms with Gasteiger partial charge in [0, 0.05) is 10.0 Å².